The van der Waals surface area contributed by atoms with E-state index in [0.29, 0.717) is 11.6 Å². The van der Waals surface area contributed by atoms with E-state index in [2.05, 4.69) is 20.4 Å². The molecule has 1 aromatic rings. The Morgan fingerprint density at radius 3 is 2.80 bits per heavy atom. The molecule has 1 aliphatic carbocycles. The molecule has 2 aliphatic heterocycles. The molecule has 3 fully saturated rings. The summed E-state index contributed by atoms with van der Waals surface area (Å²) in [5.74, 6) is 0.661. The van der Waals surface area contributed by atoms with Crippen LogP contribution in [0.1, 0.15) is 41.4 Å². The lowest BCUT2D eigenvalue weighted by molar-refractivity contribution is 0.0300. The molecule has 3 aliphatic rings. The van der Waals surface area contributed by atoms with Gasteiger partial charge in [0.05, 0.1) is 13.2 Å². The summed E-state index contributed by atoms with van der Waals surface area (Å²) in [5.41, 5.74) is 1.70. The molecule has 25 heavy (non-hydrogen) atoms. The highest BCUT2D eigenvalue weighted by Crippen LogP contribution is 2.39. The fourth-order valence-electron chi connectivity index (χ4n) is 3.63. The lowest BCUT2D eigenvalue weighted by Gasteiger charge is -2.32. The quantitative estimate of drug-likeness (QED) is 0.777. The minimum absolute atomic E-state index is 0. The number of rotatable bonds is 6. The van der Waals surface area contributed by atoms with Gasteiger partial charge in [-0.3, -0.25) is 14.8 Å². The Bertz CT molecular complexity index is 565. The van der Waals surface area contributed by atoms with Crippen molar-refractivity contribution in [2.75, 3.05) is 52.5 Å². The molecule has 1 amide bonds. The van der Waals surface area contributed by atoms with Crippen LogP contribution in [-0.4, -0.2) is 84.4 Å². The summed E-state index contributed by atoms with van der Waals surface area (Å²) in [4.78, 5) is 17.4. The van der Waals surface area contributed by atoms with E-state index in [-0.39, 0.29) is 24.4 Å². The molecule has 1 aromatic heterocycles. The van der Waals surface area contributed by atoms with Crippen LogP contribution in [0, 0.1) is 0 Å². The van der Waals surface area contributed by atoms with Crippen LogP contribution in [0.3, 0.4) is 0 Å². The molecule has 0 spiro atoms. The summed E-state index contributed by atoms with van der Waals surface area (Å²) in [6.07, 6.45) is 3.45. The standard InChI is InChI=1S/C17H27N5O2.ClH/c23-17(16-11-15(19-20-16)13-1-2-13)22(14-3-4-18-12-14)6-5-21-7-9-24-10-8-21;/h11,13-14,18H,1-10,12H2,(H,19,20);1H. The Morgan fingerprint density at radius 1 is 1.32 bits per heavy atom. The van der Waals surface area contributed by atoms with Crippen LogP contribution < -0.4 is 5.32 Å². The van der Waals surface area contributed by atoms with Crippen molar-refractivity contribution in [2.45, 2.75) is 31.2 Å². The van der Waals surface area contributed by atoms with Crippen molar-refractivity contribution in [3.8, 4) is 0 Å². The van der Waals surface area contributed by atoms with Gasteiger partial charge in [0.2, 0.25) is 0 Å². The topological polar surface area (TPSA) is 73.5 Å². The number of nitrogens with one attached hydrogen (secondary N) is 2. The molecule has 2 saturated heterocycles. The first kappa shape index (κ1) is 18.6. The highest BCUT2D eigenvalue weighted by Gasteiger charge is 2.31. The van der Waals surface area contributed by atoms with Crippen LogP contribution in [0.25, 0.3) is 0 Å². The van der Waals surface area contributed by atoms with Crippen LogP contribution in [0.15, 0.2) is 6.07 Å². The predicted molar refractivity (Wildman–Crippen MR) is 97.4 cm³/mol. The third-order valence-corrected chi connectivity index (χ3v) is 5.33. The minimum Gasteiger partial charge on any atom is -0.379 e. The lowest BCUT2D eigenvalue weighted by atomic mass is 10.2. The number of amides is 1. The Labute approximate surface area is 154 Å². The number of hydrogen-bond acceptors (Lipinski definition) is 5. The zero-order chi connectivity index (χ0) is 16.4. The number of nitrogens with zero attached hydrogens (tertiary/aromatic N) is 3. The van der Waals surface area contributed by atoms with Crippen molar-refractivity contribution in [1.82, 2.24) is 25.3 Å². The summed E-state index contributed by atoms with van der Waals surface area (Å²) in [6.45, 7) is 7.04. The molecule has 2 N–H and O–H groups in total. The number of morpholine rings is 1. The molecular formula is C17H28ClN5O2. The summed E-state index contributed by atoms with van der Waals surface area (Å²) < 4.78 is 5.41. The van der Waals surface area contributed by atoms with E-state index in [1.165, 1.54) is 12.8 Å². The predicted octanol–water partition coefficient (Wildman–Crippen LogP) is 0.845. The van der Waals surface area contributed by atoms with Gasteiger partial charge in [-0.1, -0.05) is 0 Å². The van der Waals surface area contributed by atoms with Gasteiger partial charge in [-0.2, -0.15) is 5.10 Å². The van der Waals surface area contributed by atoms with Crippen molar-refractivity contribution in [2.24, 2.45) is 0 Å². The van der Waals surface area contributed by atoms with Crippen molar-refractivity contribution in [3.63, 3.8) is 0 Å². The number of hydrogen-bond donors (Lipinski definition) is 2. The van der Waals surface area contributed by atoms with Gasteiger partial charge in [-0.25, -0.2) is 0 Å². The molecule has 3 heterocycles. The second kappa shape index (κ2) is 8.49. The van der Waals surface area contributed by atoms with Crippen molar-refractivity contribution >= 4 is 18.3 Å². The lowest BCUT2D eigenvalue weighted by Crippen LogP contribution is -2.47. The fourth-order valence-corrected chi connectivity index (χ4v) is 3.63. The van der Waals surface area contributed by atoms with Gasteiger partial charge in [0.25, 0.3) is 5.91 Å². The fraction of sp³-hybridized carbons (Fsp3) is 0.765. The van der Waals surface area contributed by atoms with Gasteiger partial charge >= 0.3 is 0 Å². The highest BCUT2D eigenvalue weighted by atomic mass is 35.5. The molecule has 4 rings (SSSR count). The van der Waals surface area contributed by atoms with Crippen LogP contribution >= 0.6 is 12.4 Å². The van der Waals surface area contributed by atoms with Crippen molar-refractivity contribution < 1.29 is 9.53 Å². The Balaban J connectivity index is 0.00000182. The van der Waals surface area contributed by atoms with Crippen LogP contribution in [0.5, 0.6) is 0 Å². The van der Waals surface area contributed by atoms with E-state index >= 15 is 0 Å². The molecule has 1 saturated carbocycles. The second-order valence-corrected chi connectivity index (χ2v) is 7.08. The molecule has 0 aromatic carbocycles. The molecule has 1 atom stereocenters. The largest absolute Gasteiger partial charge is 0.379 e. The van der Waals surface area contributed by atoms with Gasteiger partial charge in [0, 0.05) is 50.4 Å². The smallest absolute Gasteiger partial charge is 0.274 e. The number of halogens is 1. The third-order valence-electron chi connectivity index (χ3n) is 5.33. The van der Waals surface area contributed by atoms with E-state index in [4.69, 9.17) is 4.74 Å². The Morgan fingerprint density at radius 2 is 2.12 bits per heavy atom. The number of H-pyrrole nitrogens is 1. The Hall–Kier alpha value is -1.15. The summed E-state index contributed by atoms with van der Waals surface area (Å²) in [5, 5.41) is 10.7. The maximum Gasteiger partial charge on any atom is 0.274 e. The van der Waals surface area contributed by atoms with Crippen molar-refractivity contribution in [1.29, 1.82) is 0 Å². The van der Waals surface area contributed by atoms with Crippen LogP contribution in [0.2, 0.25) is 0 Å². The zero-order valence-corrected chi connectivity index (χ0v) is 15.4. The molecule has 8 heteroatoms. The van der Waals surface area contributed by atoms with Gasteiger partial charge < -0.3 is 15.0 Å². The summed E-state index contributed by atoms with van der Waals surface area (Å²) >= 11 is 0. The summed E-state index contributed by atoms with van der Waals surface area (Å²) in [6, 6.07) is 2.24. The average Bonchev–Trinajstić information content (AvgIpc) is 3.12. The first-order chi connectivity index (χ1) is 11.8. The van der Waals surface area contributed by atoms with E-state index in [1.807, 2.05) is 11.0 Å². The monoisotopic (exact) mass is 369 g/mol. The van der Waals surface area contributed by atoms with E-state index < -0.39 is 0 Å². The first-order valence-corrected chi connectivity index (χ1v) is 9.18. The van der Waals surface area contributed by atoms with E-state index in [1.54, 1.807) is 0 Å². The highest BCUT2D eigenvalue weighted by molar-refractivity contribution is 5.92. The molecule has 0 radical (unpaired) electrons. The van der Waals surface area contributed by atoms with Crippen LogP contribution in [0.4, 0.5) is 0 Å². The molecular weight excluding hydrogens is 342 g/mol. The molecule has 7 nitrogen and oxygen atoms in total. The second-order valence-electron chi connectivity index (χ2n) is 7.08. The first-order valence-electron chi connectivity index (χ1n) is 9.18. The van der Waals surface area contributed by atoms with E-state index in [9.17, 15) is 4.79 Å². The normalized spacial score (nSPS) is 24.1. The van der Waals surface area contributed by atoms with Gasteiger partial charge in [-0.05, 0) is 31.9 Å². The zero-order valence-electron chi connectivity index (χ0n) is 14.6. The van der Waals surface area contributed by atoms with Crippen molar-refractivity contribution in [3.05, 3.63) is 17.5 Å². The number of aromatic amines is 1. The molecule has 1 unspecified atom stereocenters. The maximum atomic E-state index is 13.0. The van der Waals surface area contributed by atoms with Gasteiger partial charge in [-0.15, -0.1) is 12.4 Å². The molecule has 0 bridgehead atoms. The summed E-state index contributed by atoms with van der Waals surface area (Å²) in [7, 11) is 0. The number of aromatic nitrogens is 2. The maximum absolute atomic E-state index is 13.0. The third kappa shape index (κ3) is 4.53. The average molecular weight is 370 g/mol. The van der Waals surface area contributed by atoms with Crippen LogP contribution in [-0.2, 0) is 4.74 Å². The van der Waals surface area contributed by atoms with Gasteiger partial charge in [0.15, 0.2) is 0 Å². The minimum atomic E-state index is 0. The number of carbonyl (C=O) groups is 1. The number of carbonyl (C=O) groups excluding carboxylic acids is 1. The number of ether oxygens (including phenoxy) is 1. The molecule has 140 valence electrons. The Kier molecular flexibility index (Phi) is 6.33. The van der Waals surface area contributed by atoms with E-state index in [0.717, 1.165) is 64.6 Å². The van der Waals surface area contributed by atoms with Gasteiger partial charge in [0.1, 0.15) is 5.69 Å². The SMILES string of the molecule is Cl.O=C(c1cc(C2CC2)[nH]n1)N(CCN1CCOCC1)C1CCNC1.